The first-order valence-corrected chi connectivity index (χ1v) is 11.4. The number of carbonyl (C=O) groups is 3. The molecule has 1 saturated heterocycles. The third-order valence-electron chi connectivity index (χ3n) is 6.77. The van der Waals surface area contributed by atoms with Gasteiger partial charge in [0, 0.05) is 12.5 Å². The average molecular weight is 453 g/mol. The van der Waals surface area contributed by atoms with Crippen LogP contribution in [0, 0.1) is 5.92 Å². The van der Waals surface area contributed by atoms with Crippen molar-refractivity contribution in [2.45, 2.75) is 116 Å². The lowest BCUT2D eigenvalue weighted by molar-refractivity contribution is -0.137. The van der Waals surface area contributed by atoms with Crippen LogP contribution in [0.2, 0.25) is 6.32 Å². The first-order chi connectivity index (χ1) is 14.5. The van der Waals surface area contributed by atoms with Crippen LogP contribution >= 0.6 is 0 Å². The molecule has 3 amide bonds. The van der Waals surface area contributed by atoms with Gasteiger partial charge in [-0.2, -0.15) is 0 Å². The first-order valence-electron chi connectivity index (χ1n) is 11.4. The molecular formula is C22H40BN3O6. The van der Waals surface area contributed by atoms with Gasteiger partial charge in [-0.15, -0.1) is 0 Å². The molecule has 4 N–H and O–H groups in total. The highest BCUT2D eigenvalue weighted by atomic mass is 16.7. The van der Waals surface area contributed by atoms with Gasteiger partial charge in [-0.3, -0.25) is 9.59 Å². The van der Waals surface area contributed by atoms with Gasteiger partial charge in [0.1, 0.15) is 5.54 Å². The molecule has 3 atom stereocenters. The Morgan fingerprint density at radius 3 is 2.09 bits per heavy atom. The van der Waals surface area contributed by atoms with Crippen LogP contribution < -0.4 is 16.0 Å². The molecule has 1 heterocycles. The summed E-state index contributed by atoms with van der Waals surface area (Å²) in [6.07, 6.45) is 1.68. The lowest BCUT2D eigenvalue weighted by Crippen LogP contribution is -2.72. The van der Waals surface area contributed by atoms with E-state index < -0.39 is 34.4 Å². The fraction of sp³-hybridized carbons (Fsp3) is 0.864. The highest BCUT2D eigenvalue weighted by Gasteiger charge is 2.53. The molecule has 2 fully saturated rings. The number of carboxylic acid groups (broad SMARTS) is 1. The molecule has 3 unspecified atom stereocenters. The van der Waals surface area contributed by atoms with Crippen LogP contribution in [0.1, 0.15) is 81.1 Å². The highest BCUT2D eigenvalue weighted by Crippen LogP contribution is 2.41. The SMILES string of the molecule is CC(=O)NC1(C(=O)NC(C)(C)C)CC(CCB2OC(C)(C)C(C)(C)O2)CCC1NC(=O)O. The van der Waals surface area contributed by atoms with E-state index >= 15 is 0 Å². The summed E-state index contributed by atoms with van der Waals surface area (Å²) < 4.78 is 12.2. The zero-order valence-electron chi connectivity index (χ0n) is 20.8. The Kier molecular flexibility index (Phi) is 7.61. The van der Waals surface area contributed by atoms with Crippen LogP contribution in [0.15, 0.2) is 0 Å². The van der Waals surface area contributed by atoms with E-state index in [1.165, 1.54) is 6.92 Å². The minimum Gasteiger partial charge on any atom is -0.465 e. The quantitative estimate of drug-likeness (QED) is 0.458. The third-order valence-corrected chi connectivity index (χ3v) is 6.77. The second kappa shape index (κ2) is 9.21. The van der Waals surface area contributed by atoms with Crippen molar-refractivity contribution in [1.29, 1.82) is 0 Å². The summed E-state index contributed by atoms with van der Waals surface area (Å²) in [5.41, 5.74) is -2.72. The summed E-state index contributed by atoms with van der Waals surface area (Å²) >= 11 is 0. The Morgan fingerprint density at radius 1 is 1.06 bits per heavy atom. The highest BCUT2D eigenvalue weighted by molar-refractivity contribution is 6.45. The summed E-state index contributed by atoms with van der Waals surface area (Å²) in [6, 6.07) is -0.723. The van der Waals surface area contributed by atoms with Crippen LogP contribution in [-0.4, -0.2) is 58.5 Å². The standard InChI is InChI=1S/C22H40BN3O6/c1-14(27)25-22(17(28)26-19(2,3)4)13-15(9-10-16(22)24-18(29)30)11-12-23-31-20(5,6)21(7,8)32-23/h15-16,24H,9-13H2,1-8H3,(H,25,27)(H,26,28)(H,29,30). The largest absolute Gasteiger partial charge is 0.465 e. The van der Waals surface area contributed by atoms with Crippen molar-refractivity contribution in [3.8, 4) is 0 Å². The van der Waals surface area contributed by atoms with E-state index in [2.05, 4.69) is 16.0 Å². The fourth-order valence-corrected chi connectivity index (χ4v) is 4.61. The number of amides is 3. The van der Waals surface area contributed by atoms with Crippen LogP contribution in [0.4, 0.5) is 4.79 Å². The molecule has 1 saturated carbocycles. The maximum absolute atomic E-state index is 13.4. The number of nitrogens with one attached hydrogen (secondary N) is 3. The smallest absolute Gasteiger partial charge is 0.457 e. The monoisotopic (exact) mass is 453 g/mol. The molecule has 10 heteroatoms. The Bertz CT molecular complexity index is 720. The van der Waals surface area contributed by atoms with Gasteiger partial charge in [0.25, 0.3) is 0 Å². The molecule has 0 spiro atoms. The van der Waals surface area contributed by atoms with Gasteiger partial charge < -0.3 is 30.4 Å². The van der Waals surface area contributed by atoms with Crippen LogP contribution in [0.5, 0.6) is 0 Å². The molecule has 0 radical (unpaired) electrons. The molecule has 1 aliphatic heterocycles. The summed E-state index contributed by atoms with van der Waals surface area (Å²) in [5, 5.41) is 17.6. The van der Waals surface area contributed by atoms with Crippen LogP contribution in [0.25, 0.3) is 0 Å². The summed E-state index contributed by atoms with van der Waals surface area (Å²) in [6.45, 7) is 14.9. The predicted molar refractivity (Wildman–Crippen MR) is 122 cm³/mol. The molecular weight excluding hydrogens is 413 g/mol. The topological polar surface area (TPSA) is 126 Å². The van der Waals surface area contributed by atoms with Crippen molar-refractivity contribution >= 4 is 25.0 Å². The molecule has 9 nitrogen and oxygen atoms in total. The normalized spacial score (nSPS) is 29.3. The van der Waals surface area contributed by atoms with Gasteiger partial charge in [-0.1, -0.05) is 6.42 Å². The van der Waals surface area contributed by atoms with Crippen molar-refractivity contribution in [2.24, 2.45) is 5.92 Å². The van der Waals surface area contributed by atoms with E-state index in [0.717, 1.165) is 12.8 Å². The van der Waals surface area contributed by atoms with Crippen molar-refractivity contribution < 1.29 is 28.8 Å². The molecule has 1 aliphatic carbocycles. The third kappa shape index (κ3) is 6.16. The van der Waals surface area contributed by atoms with Crippen molar-refractivity contribution in [1.82, 2.24) is 16.0 Å². The van der Waals surface area contributed by atoms with Gasteiger partial charge in [-0.05, 0) is 80.0 Å². The lowest BCUT2D eigenvalue weighted by Gasteiger charge is -2.46. The molecule has 0 aromatic carbocycles. The zero-order valence-corrected chi connectivity index (χ0v) is 20.8. The van der Waals surface area contributed by atoms with Gasteiger partial charge in [0.15, 0.2) is 0 Å². The Balaban J connectivity index is 2.22. The second-order valence-electron chi connectivity index (χ2n) is 11.3. The van der Waals surface area contributed by atoms with Crippen LogP contribution in [-0.2, 0) is 18.9 Å². The Labute approximate surface area is 191 Å². The molecule has 32 heavy (non-hydrogen) atoms. The number of hydrogen-bond acceptors (Lipinski definition) is 5. The molecule has 182 valence electrons. The molecule has 2 rings (SSSR count). The van der Waals surface area contributed by atoms with Crippen LogP contribution in [0.3, 0.4) is 0 Å². The van der Waals surface area contributed by atoms with E-state index in [4.69, 9.17) is 9.31 Å². The zero-order chi connectivity index (χ0) is 24.5. The van der Waals surface area contributed by atoms with Crippen molar-refractivity contribution in [3.63, 3.8) is 0 Å². The minimum absolute atomic E-state index is 0.0958. The van der Waals surface area contributed by atoms with E-state index in [1.807, 2.05) is 48.5 Å². The maximum Gasteiger partial charge on any atom is 0.457 e. The molecule has 0 bridgehead atoms. The van der Waals surface area contributed by atoms with Gasteiger partial charge in [-0.25, -0.2) is 4.79 Å². The summed E-state index contributed by atoms with van der Waals surface area (Å²) in [5.74, 6) is -0.657. The first kappa shape index (κ1) is 26.4. The van der Waals surface area contributed by atoms with E-state index in [-0.39, 0.29) is 24.9 Å². The van der Waals surface area contributed by atoms with Gasteiger partial charge in [0.05, 0.1) is 17.2 Å². The summed E-state index contributed by atoms with van der Waals surface area (Å²) in [4.78, 5) is 37.0. The van der Waals surface area contributed by atoms with E-state index in [9.17, 15) is 19.5 Å². The Morgan fingerprint density at radius 2 is 1.62 bits per heavy atom. The minimum atomic E-state index is -1.36. The lowest BCUT2D eigenvalue weighted by atomic mass is 9.67. The fourth-order valence-electron chi connectivity index (χ4n) is 4.61. The Hall–Kier alpha value is -1.81. The second-order valence-corrected chi connectivity index (χ2v) is 11.3. The maximum atomic E-state index is 13.4. The predicted octanol–water partition coefficient (Wildman–Crippen LogP) is 2.69. The number of hydrogen-bond donors (Lipinski definition) is 4. The summed E-state index contributed by atoms with van der Waals surface area (Å²) in [7, 11) is -0.339. The van der Waals surface area contributed by atoms with Crippen molar-refractivity contribution in [3.05, 3.63) is 0 Å². The number of rotatable bonds is 6. The molecule has 2 aliphatic rings. The van der Waals surface area contributed by atoms with Crippen molar-refractivity contribution in [2.75, 3.05) is 0 Å². The van der Waals surface area contributed by atoms with E-state index in [1.54, 1.807) is 0 Å². The molecule has 0 aromatic heterocycles. The average Bonchev–Trinajstić information content (AvgIpc) is 2.79. The molecule has 0 aromatic rings. The van der Waals surface area contributed by atoms with Gasteiger partial charge >= 0.3 is 13.2 Å². The van der Waals surface area contributed by atoms with E-state index in [0.29, 0.717) is 19.2 Å². The number of carbonyl (C=O) groups excluding carboxylic acids is 2. The van der Waals surface area contributed by atoms with Gasteiger partial charge in [0.2, 0.25) is 11.8 Å².